The van der Waals surface area contributed by atoms with E-state index in [-0.39, 0.29) is 10.4 Å². The van der Waals surface area contributed by atoms with Crippen molar-refractivity contribution in [2.75, 3.05) is 0 Å². The van der Waals surface area contributed by atoms with Gasteiger partial charge in [-0.15, -0.1) is 11.3 Å². The fourth-order valence-corrected chi connectivity index (χ4v) is 2.30. The largest absolute Gasteiger partial charge is 0.427 e. The Balaban J connectivity index is 3.19. The van der Waals surface area contributed by atoms with Gasteiger partial charge >= 0.3 is 6.18 Å². The number of thiophene rings is 1. The molecule has 0 aromatic carbocycles. The Morgan fingerprint density at radius 3 is 1.93 bits per heavy atom. The fourth-order valence-electron chi connectivity index (χ4n) is 0.932. The van der Waals surface area contributed by atoms with Crippen molar-refractivity contribution < 1.29 is 13.2 Å². The normalized spacial score (nSPS) is 13.4. The van der Waals surface area contributed by atoms with Crippen LogP contribution in [0.4, 0.5) is 13.2 Å². The van der Waals surface area contributed by atoms with Crippen LogP contribution in [-0.4, -0.2) is 0 Å². The van der Waals surface area contributed by atoms with Crippen LogP contribution in [0.25, 0.3) is 0 Å². The van der Waals surface area contributed by atoms with Crippen LogP contribution in [0.15, 0.2) is 6.07 Å². The second kappa shape index (κ2) is 3.42. The second-order valence-corrected chi connectivity index (χ2v) is 5.49. The van der Waals surface area contributed by atoms with Gasteiger partial charge in [-0.05, 0) is 11.5 Å². The van der Waals surface area contributed by atoms with Gasteiger partial charge in [0.25, 0.3) is 0 Å². The van der Waals surface area contributed by atoms with Gasteiger partial charge in [-0.3, -0.25) is 0 Å². The Bertz CT molecular complexity index is 333. The maximum atomic E-state index is 12.4. The number of hydrogen-bond acceptors (Lipinski definition) is 1. The standard InChI is InChI=1S/C9H10ClF3S/c1-8(2,3)6-4-5(10)7(14-6)9(11,12)13/h4H,1-3H3. The summed E-state index contributed by atoms with van der Waals surface area (Å²) in [5.74, 6) is 0. The highest BCUT2D eigenvalue weighted by Gasteiger charge is 2.36. The Labute approximate surface area is 89.7 Å². The van der Waals surface area contributed by atoms with E-state index in [0.29, 0.717) is 16.2 Å². The van der Waals surface area contributed by atoms with Crippen molar-refractivity contribution in [1.29, 1.82) is 0 Å². The zero-order valence-corrected chi connectivity index (χ0v) is 9.57. The molecular formula is C9H10ClF3S. The number of halogens is 4. The first-order chi connectivity index (χ1) is 6.12. The molecule has 1 aromatic rings. The van der Waals surface area contributed by atoms with E-state index in [0.717, 1.165) is 0 Å². The molecule has 0 N–H and O–H groups in total. The molecule has 0 bridgehead atoms. The van der Waals surface area contributed by atoms with Gasteiger partial charge in [-0.2, -0.15) is 13.2 Å². The van der Waals surface area contributed by atoms with Crippen molar-refractivity contribution in [2.24, 2.45) is 0 Å². The van der Waals surface area contributed by atoms with E-state index in [2.05, 4.69) is 0 Å². The molecule has 14 heavy (non-hydrogen) atoms. The topological polar surface area (TPSA) is 0 Å². The molecule has 0 fully saturated rings. The number of alkyl halides is 3. The van der Waals surface area contributed by atoms with E-state index in [1.165, 1.54) is 6.07 Å². The van der Waals surface area contributed by atoms with Crippen LogP contribution < -0.4 is 0 Å². The summed E-state index contributed by atoms with van der Waals surface area (Å²) in [7, 11) is 0. The first kappa shape index (κ1) is 11.9. The van der Waals surface area contributed by atoms with Gasteiger partial charge in [-0.1, -0.05) is 32.4 Å². The summed E-state index contributed by atoms with van der Waals surface area (Å²) in [6, 6.07) is 1.40. The highest BCUT2D eigenvalue weighted by Crippen LogP contribution is 2.43. The first-order valence-corrected chi connectivity index (χ1v) is 5.19. The Morgan fingerprint density at radius 1 is 1.21 bits per heavy atom. The molecule has 5 heteroatoms. The van der Waals surface area contributed by atoms with Crippen molar-refractivity contribution in [3.8, 4) is 0 Å². The predicted octanol–water partition coefficient (Wildman–Crippen LogP) is 4.72. The van der Waals surface area contributed by atoms with Gasteiger partial charge < -0.3 is 0 Å². The molecule has 0 saturated carbocycles. The second-order valence-electron chi connectivity index (χ2n) is 4.04. The third-order valence-electron chi connectivity index (χ3n) is 1.68. The minimum Gasteiger partial charge on any atom is -0.165 e. The zero-order valence-electron chi connectivity index (χ0n) is 8.00. The molecule has 80 valence electrons. The Kier molecular flexibility index (Phi) is 2.89. The van der Waals surface area contributed by atoms with Crippen LogP contribution in [0.2, 0.25) is 5.02 Å². The van der Waals surface area contributed by atoms with Gasteiger partial charge in [0.1, 0.15) is 4.88 Å². The Morgan fingerprint density at radius 2 is 1.71 bits per heavy atom. The lowest BCUT2D eigenvalue weighted by Gasteiger charge is -2.15. The third kappa shape index (κ3) is 2.42. The SMILES string of the molecule is CC(C)(C)c1cc(Cl)c(C(F)(F)F)s1. The lowest BCUT2D eigenvalue weighted by Crippen LogP contribution is -2.08. The molecule has 1 heterocycles. The molecule has 0 aliphatic rings. The smallest absolute Gasteiger partial charge is 0.165 e. The molecule has 0 aliphatic heterocycles. The molecular weight excluding hydrogens is 233 g/mol. The number of rotatable bonds is 0. The fraction of sp³-hybridized carbons (Fsp3) is 0.556. The van der Waals surface area contributed by atoms with Crippen LogP contribution >= 0.6 is 22.9 Å². The average molecular weight is 243 g/mol. The molecule has 0 radical (unpaired) electrons. The van der Waals surface area contributed by atoms with E-state index in [9.17, 15) is 13.2 Å². The summed E-state index contributed by atoms with van der Waals surface area (Å²) >= 11 is 6.24. The lowest BCUT2D eigenvalue weighted by atomic mass is 9.95. The summed E-state index contributed by atoms with van der Waals surface area (Å²) in [6.45, 7) is 5.57. The summed E-state index contributed by atoms with van der Waals surface area (Å²) < 4.78 is 37.1. The van der Waals surface area contributed by atoms with Gasteiger partial charge in [-0.25, -0.2) is 0 Å². The molecule has 1 aromatic heterocycles. The zero-order chi connectivity index (χ0) is 11.1. The lowest BCUT2D eigenvalue weighted by molar-refractivity contribution is -0.134. The highest BCUT2D eigenvalue weighted by atomic mass is 35.5. The molecule has 0 aliphatic carbocycles. The first-order valence-electron chi connectivity index (χ1n) is 3.99. The van der Waals surface area contributed by atoms with Crippen molar-refractivity contribution in [1.82, 2.24) is 0 Å². The van der Waals surface area contributed by atoms with E-state index >= 15 is 0 Å². The minimum absolute atomic E-state index is 0.201. The van der Waals surface area contributed by atoms with Crippen molar-refractivity contribution in [3.63, 3.8) is 0 Å². The molecule has 1 rings (SSSR count). The van der Waals surface area contributed by atoms with Crippen LogP contribution in [0.3, 0.4) is 0 Å². The third-order valence-corrected chi connectivity index (χ3v) is 3.70. The summed E-state index contributed by atoms with van der Waals surface area (Å²) in [5, 5.41) is -0.201. The highest BCUT2D eigenvalue weighted by molar-refractivity contribution is 7.12. The van der Waals surface area contributed by atoms with E-state index < -0.39 is 11.1 Å². The predicted molar refractivity (Wildman–Crippen MR) is 53.0 cm³/mol. The van der Waals surface area contributed by atoms with Gasteiger partial charge in [0, 0.05) is 4.88 Å². The quantitative estimate of drug-likeness (QED) is 0.618. The Hall–Kier alpha value is -0.220. The van der Waals surface area contributed by atoms with Crippen LogP contribution in [0.5, 0.6) is 0 Å². The van der Waals surface area contributed by atoms with Crippen molar-refractivity contribution in [2.45, 2.75) is 32.4 Å². The van der Waals surface area contributed by atoms with Gasteiger partial charge in [0.15, 0.2) is 0 Å². The van der Waals surface area contributed by atoms with Crippen LogP contribution in [-0.2, 0) is 11.6 Å². The molecule has 0 amide bonds. The maximum Gasteiger partial charge on any atom is 0.427 e. The summed E-state index contributed by atoms with van der Waals surface area (Å²) in [6.07, 6.45) is -4.34. The van der Waals surface area contributed by atoms with E-state index in [1.807, 2.05) is 20.8 Å². The molecule has 0 atom stereocenters. The van der Waals surface area contributed by atoms with Gasteiger partial charge in [0.2, 0.25) is 0 Å². The molecule has 0 nitrogen and oxygen atoms in total. The van der Waals surface area contributed by atoms with Gasteiger partial charge in [0.05, 0.1) is 5.02 Å². The van der Waals surface area contributed by atoms with E-state index in [1.54, 1.807) is 0 Å². The van der Waals surface area contributed by atoms with Crippen molar-refractivity contribution >= 4 is 22.9 Å². The summed E-state index contributed by atoms with van der Waals surface area (Å²) in [4.78, 5) is -0.0566. The van der Waals surface area contributed by atoms with Crippen molar-refractivity contribution in [3.05, 3.63) is 20.8 Å². The number of hydrogen-bond donors (Lipinski definition) is 0. The van der Waals surface area contributed by atoms with Crippen LogP contribution in [0, 0.1) is 0 Å². The molecule has 0 saturated heterocycles. The monoisotopic (exact) mass is 242 g/mol. The minimum atomic E-state index is -4.34. The summed E-state index contributed by atoms with van der Waals surface area (Å²) in [5.41, 5.74) is -0.294. The van der Waals surface area contributed by atoms with E-state index in [4.69, 9.17) is 11.6 Å². The molecule has 0 spiro atoms. The average Bonchev–Trinajstić information content (AvgIpc) is 2.27. The maximum absolute atomic E-state index is 12.4. The molecule has 0 unspecified atom stereocenters. The van der Waals surface area contributed by atoms with Crippen LogP contribution in [0.1, 0.15) is 30.5 Å².